The Bertz CT molecular complexity index is 697. The van der Waals surface area contributed by atoms with Gasteiger partial charge in [0.1, 0.15) is 0 Å². The van der Waals surface area contributed by atoms with Gasteiger partial charge in [-0.15, -0.1) is 0 Å². The highest BCUT2D eigenvalue weighted by Gasteiger charge is 2.27. The Morgan fingerprint density at radius 2 is 2.00 bits per heavy atom. The molecule has 0 saturated heterocycles. The van der Waals surface area contributed by atoms with Gasteiger partial charge in [-0.3, -0.25) is 9.35 Å². The number of hydrogen-bond acceptors (Lipinski definition) is 4. The summed E-state index contributed by atoms with van der Waals surface area (Å²) in [5.41, 5.74) is 1.04. The summed E-state index contributed by atoms with van der Waals surface area (Å²) in [6, 6.07) is 2.52. The van der Waals surface area contributed by atoms with Crippen molar-refractivity contribution in [2.75, 3.05) is 5.01 Å². The van der Waals surface area contributed by atoms with E-state index in [4.69, 9.17) is 16.2 Å². The molecule has 0 bridgehead atoms. The summed E-state index contributed by atoms with van der Waals surface area (Å²) in [7, 11) is -4.38. The fourth-order valence-electron chi connectivity index (χ4n) is 1.83. The van der Waals surface area contributed by atoms with Crippen LogP contribution in [-0.2, 0) is 14.9 Å². The first-order valence-electron chi connectivity index (χ1n) is 5.35. The molecule has 19 heavy (non-hydrogen) atoms. The lowest BCUT2D eigenvalue weighted by molar-refractivity contribution is -0.116. The van der Waals surface area contributed by atoms with Gasteiger partial charge >= 0.3 is 0 Å². The van der Waals surface area contributed by atoms with Crippen molar-refractivity contribution in [3.05, 3.63) is 22.7 Å². The zero-order valence-electron chi connectivity index (χ0n) is 10.2. The third kappa shape index (κ3) is 2.63. The minimum atomic E-state index is -4.38. The topological polar surface area (TPSA) is 87.0 Å². The van der Waals surface area contributed by atoms with E-state index in [1.54, 1.807) is 6.92 Å². The van der Waals surface area contributed by atoms with Crippen molar-refractivity contribution in [3.8, 4) is 0 Å². The molecule has 0 radical (unpaired) electrons. The maximum Gasteiger partial charge on any atom is 0.294 e. The standard InChI is InChI=1S/C11H11ClN2O4S/c1-6-3-8(12)9(5-10(6)19(16,17)18)14-11(15)4-7(2)13-14/h3,5H,4H2,1-2H3,(H,16,17,18). The van der Waals surface area contributed by atoms with Crippen LogP contribution in [0.1, 0.15) is 18.9 Å². The molecule has 2 rings (SSSR count). The quantitative estimate of drug-likeness (QED) is 0.847. The van der Waals surface area contributed by atoms with Crippen LogP contribution >= 0.6 is 11.6 Å². The van der Waals surface area contributed by atoms with E-state index >= 15 is 0 Å². The van der Waals surface area contributed by atoms with Crippen LogP contribution in [0, 0.1) is 6.92 Å². The van der Waals surface area contributed by atoms with Crippen molar-refractivity contribution in [3.63, 3.8) is 0 Å². The highest BCUT2D eigenvalue weighted by atomic mass is 35.5. The molecule has 0 aliphatic carbocycles. The van der Waals surface area contributed by atoms with Crippen molar-refractivity contribution in [1.29, 1.82) is 0 Å². The average Bonchev–Trinajstić information content (AvgIpc) is 2.55. The maximum absolute atomic E-state index is 11.7. The van der Waals surface area contributed by atoms with Crippen LogP contribution < -0.4 is 5.01 Å². The Morgan fingerprint density at radius 1 is 1.37 bits per heavy atom. The number of carbonyl (C=O) groups is 1. The molecular formula is C11H11ClN2O4S. The fraction of sp³-hybridized carbons (Fsp3) is 0.273. The van der Waals surface area contributed by atoms with Crippen molar-refractivity contribution in [2.24, 2.45) is 5.10 Å². The second kappa shape index (κ2) is 4.59. The summed E-state index contributed by atoms with van der Waals surface area (Å²) in [6.07, 6.45) is 0.158. The van der Waals surface area contributed by atoms with Crippen molar-refractivity contribution in [2.45, 2.75) is 25.2 Å². The number of benzene rings is 1. The normalized spacial score (nSPS) is 15.9. The summed E-state index contributed by atoms with van der Waals surface area (Å²) in [5.74, 6) is -0.301. The predicted molar refractivity (Wildman–Crippen MR) is 71.2 cm³/mol. The molecule has 0 aromatic heterocycles. The van der Waals surface area contributed by atoms with Crippen LogP contribution in [0.3, 0.4) is 0 Å². The van der Waals surface area contributed by atoms with E-state index in [1.165, 1.54) is 13.0 Å². The summed E-state index contributed by atoms with van der Waals surface area (Å²) >= 11 is 6.01. The molecule has 8 heteroatoms. The number of halogens is 1. The summed E-state index contributed by atoms with van der Waals surface area (Å²) in [6.45, 7) is 3.18. The predicted octanol–water partition coefficient (Wildman–Crippen LogP) is 2.01. The van der Waals surface area contributed by atoms with Gasteiger partial charge in [-0.1, -0.05) is 11.6 Å². The lowest BCUT2D eigenvalue weighted by atomic mass is 10.2. The van der Waals surface area contributed by atoms with E-state index in [-0.39, 0.29) is 27.9 Å². The molecule has 0 atom stereocenters. The second-order valence-corrected chi connectivity index (χ2v) is 6.06. The first-order valence-corrected chi connectivity index (χ1v) is 7.16. The van der Waals surface area contributed by atoms with Gasteiger partial charge in [0.05, 0.1) is 22.0 Å². The number of anilines is 1. The van der Waals surface area contributed by atoms with E-state index in [9.17, 15) is 13.2 Å². The molecule has 1 amide bonds. The second-order valence-electron chi connectivity index (χ2n) is 4.26. The first-order chi connectivity index (χ1) is 8.70. The van der Waals surface area contributed by atoms with Gasteiger partial charge < -0.3 is 0 Å². The smallest absolute Gasteiger partial charge is 0.282 e. The van der Waals surface area contributed by atoms with Crippen LogP contribution in [0.5, 0.6) is 0 Å². The van der Waals surface area contributed by atoms with Gasteiger partial charge in [-0.2, -0.15) is 18.5 Å². The maximum atomic E-state index is 11.7. The monoisotopic (exact) mass is 302 g/mol. The van der Waals surface area contributed by atoms with Crippen molar-refractivity contribution < 1.29 is 17.8 Å². The molecule has 0 fully saturated rings. The minimum absolute atomic E-state index is 0.141. The van der Waals surface area contributed by atoms with Crippen LogP contribution in [0.25, 0.3) is 0 Å². The summed E-state index contributed by atoms with van der Waals surface area (Å²) in [5, 5.41) is 5.23. The number of hydrazone groups is 1. The van der Waals surface area contributed by atoms with Crippen LogP contribution in [0.15, 0.2) is 22.1 Å². The first kappa shape index (κ1) is 14.0. The van der Waals surface area contributed by atoms with Crippen molar-refractivity contribution in [1.82, 2.24) is 0 Å². The van der Waals surface area contributed by atoms with Gasteiger partial charge in [0, 0.05) is 5.71 Å². The van der Waals surface area contributed by atoms with Crippen molar-refractivity contribution >= 4 is 39.0 Å². The Balaban J connectivity index is 2.62. The van der Waals surface area contributed by atoms with Crippen LogP contribution in [-0.4, -0.2) is 24.6 Å². The average molecular weight is 303 g/mol. The van der Waals surface area contributed by atoms with E-state index in [1.807, 2.05) is 0 Å². The lowest BCUT2D eigenvalue weighted by Crippen LogP contribution is -2.20. The number of aryl methyl sites for hydroxylation is 1. The van der Waals surface area contributed by atoms with Gasteiger partial charge in [-0.05, 0) is 31.5 Å². The molecule has 6 nitrogen and oxygen atoms in total. The van der Waals surface area contributed by atoms with E-state index < -0.39 is 10.1 Å². The van der Waals surface area contributed by atoms with Crippen LogP contribution in [0.2, 0.25) is 5.02 Å². The van der Waals surface area contributed by atoms with E-state index in [2.05, 4.69) is 5.10 Å². The third-order valence-electron chi connectivity index (χ3n) is 2.66. The van der Waals surface area contributed by atoms with E-state index in [0.29, 0.717) is 11.3 Å². The molecular weight excluding hydrogens is 292 g/mol. The molecule has 102 valence electrons. The number of amides is 1. The zero-order valence-corrected chi connectivity index (χ0v) is 11.8. The number of hydrogen-bond donors (Lipinski definition) is 1. The molecule has 1 aromatic carbocycles. The molecule has 0 saturated carbocycles. The highest BCUT2D eigenvalue weighted by Crippen LogP contribution is 2.33. The summed E-state index contributed by atoms with van der Waals surface area (Å²) in [4.78, 5) is 11.4. The third-order valence-corrected chi connectivity index (χ3v) is 3.96. The largest absolute Gasteiger partial charge is 0.294 e. The molecule has 1 aromatic rings. The van der Waals surface area contributed by atoms with Gasteiger partial charge in [-0.25, -0.2) is 0 Å². The van der Waals surface area contributed by atoms with Gasteiger partial charge in [0.25, 0.3) is 16.0 Å². The summed E-state index contributed by atoms with van der Waals surface area (Å²) < 4.78 is 31.6. The zero-order chi connectivity index (χ0) is 14.4. The van der Waals surface area contributed by atoms with Gasteiger partial charge in [0.2, 0.25) is 0 Å². The molecule has 1 heterocycles. The molecule has 1 aliphatic heterocycles. The van der Waals surface area contributed by atoms with Crippen LogP contribution in [0.4, 0.5) is 5.69 Å². The lowest BCUT2D eigenvalue weighted by Gasteiger charge is -2.15. The Kier molecular flexibility index (Phi) is 3.38. The number of carbonyl (C=O) groups excluding carboxylic acids is 1. The van der Waals surface area contributed by atoms with E-state index in [0.717, 1.165) is 11.1 Å². The number of rotatable bonds is 2. The SMILES string of the molecule is CC1=NN(c2cc(S(=O)(=O)O)c(C)cc2Cl)C(=O)C1. The minimum Gasteiger partial charge on any atom is -0.282 e. The molecule has 1 N–H and O–H groups in total. The van der Waals surface area contributed by atoms with Gasteiger partial charge in [0.15, 0.2) is 0 Å². The molecule has 0 unspecified atom stereocenters. The highest BCUT2D eigenvalue weighted by molar-refractivity contribution is 7.85. The Hall–Kier alpha value is -1.44. The fourth-order valence-corrected chi connectivity index (χ4v) is 2.85. The Labute approximate surface area is 115 Å². The molecule has 1 aliphatic rings. The molecule has 0 spiro atoms. The number of nitrogens with zero attached hydrogens (tertiary/aromatic N) is 2. The Morgan fingerprint density at radius 3 is 2.47 bits per heavy atom.